The van der Waals surface area contributed by atoms with E-state index < -0.39 is 0 Å². The first kappa shape index (κ1) is 15.3. The summed E-state index contributed by atoms with van der Waals surface area (Å²) in [6.07, 6.45) is 0.763. The number of aliphatic imine (C=N–C) groups is 1. The fourth-order valence-electron chi connectivity index (χ4n) is 2.65. The van der Waals surface area contributed by atoms with E-state index in [0.29, 0.717) is 0 Å². The molecule has 0 amide bonds. The van der Waals surface area contributed by atoms with Gasteiger partial charge in [0.2, 0.25) is 0 Å². The minimum atomic E-state index is 0.211. The Balaban J connectivity index is 1.99. The maximum atomic E-state index is 9.09. The zero-order valence-electron chi connectivity index (χ0n) is 13.0. The smallest absolute Gasteiger partial charge is 0.165 e. The number of amidine groups is 1. The van der Waals surface area contributed by atoms with E-state index in [0.717, 1.165) is 41.8 Å². The topological polar surface area (TPSA) is 48.7 Å². The Kier molecular flexibility index (Phi) is 4.64. The van der Waals surface area contributed by atoms with E-state index in [1.807, 2.05) is 6.92 Å². The molecule has 0 bridgehead atoms. The molecule has 116 valence electrons. The third kappa shape index (κ3) is 3.10. The number of hydrogen-bond donors (Lipinski definition) is 1. The number of pyridine rings is 1. The van der Waals surface area contributed by atoms with Crippen molar-refractivity contribution in [2.75, 3.05) is 19.7 Å². The minimum absolute atomic E-state index is 0.211. The Labute approximate surface area is 135 Å². The monoisotopic (exact) mass is 315 g/mol. The van der Waals surface area contributed by atoms with Crippen molar-refractivity contribution in [3.8, 4) is 0 Å². The molecule has 0 fully saturated rings. The van der Waals surface area contributed by atoms with Gasteiger partial charge in [-0.05, 0) is 50.2 Å². The van der Waals surface area contributed by atoms with E-state index in [1.54, 1.807) is 11.8 Å². The van der Waals surface area contributed by atoms with E-state index in [9.17, 15) is 0 Å². The minimum Gasteiger partial charge on any atom is -0.396 e. The van der Waals surface area contributed by atoms with Crippen LogP contribution < -0.4 is 0 Å². The summed E-state index contributed by atoms with van der Waals surface area (Å²) in [5.74, 6) is 0. The number of hydrogen-bond acceptors (Lipinski definition) is 4. The van der Waals surface area contributed by atoms with Crippen LogP contribution in [0.5, 0.6) is 0 Å². The molecule has 0 spiro atoms. The summed E-state index contributed by atoms with van der Waals surface area (Å²) >= 11 is 1.64. The van der Waals surface area contributed by atoms with Crippen molar-refractivity contribution in [2.24, 2.45) is 4.99 Å². The molecule has 1 aliphatic rings. The summed E-state index contributed by atoms with van der Waals surface area (Å²) in [6, 6.07) is 8.61. The number of fused-ring (bicyclic) bond motifs is 2. The number of aliphatic hydroxyl groups is 1. The second kappa shape index (κ2) is 6.67. The van der Waals surface area contributed by atoms with Gasteiger partial charge in [0.05, 0.1) is 5.52 Å². The average Bonchev–Trinajstić information content (AvgIpc) is 2.51. The molecule has 1 aromatic heterocycles. The number of nitrogens with zero attached hydrogens (tertiary/aromatic N) is 3. The predicted molar refractivity (Wildman–Crippen MR) is 92.4 cm³/mol. The van der Waals surface area contributed by atoms with Crippen LogP contribution in [-0.2, 0) is 6.54 Å². The van der Waals surface area contributed by atoms with Gasteiger partial charge in [-0.1, -0.05) is 11.6 Å². The van der Waals surface area contributed by atoms with Gasteiger partial charge >= 0.3 is 0 Å². The molecule has 0 radical (unpaired) electrons. The maximum absolute atomic E-state index is 9.09. The molecule has 22 heavy (non-hydrogen) atoms. The van der Waals surface area contributed by atoms with Gasteiger partial charge in [-0.15, -0.1) is 0 Å². The van der Waals surface area contributed by atoms with Crippen molar-refractivity contribution in [2.45, 2.75) is 31.8 Å². The van der Waals surface area contributed by atoms with Crippen molar-refractivity contribution >= 4 is 27.8 Å². The second-order valence-electron chi connectivity index (χ2n) is 5.51. The van der Waals surface area contributed by atoms with Crippen LogP contribution >= 0.6 is 11.8 Å². The van der Waals surface area contributed by atoms with Crippen LogP contribution in [0.2, 0.25) is 0 Å². The van der Waals surface area contributed by atoms with E-state index in [4.69, 9.17) is 10.1 Å². The highest BCUT2D eigenvalue weighted by Crippen LogP contribution is 2.33. The molecule has 4 nitrogen and oxygen atoms in total. The Morgan fingerprint density at radius 1 is 1.36 bits per heavy atom. The quantitative estimate of drug-likeness (QED) is 0.941. The molecule has 0 unspecified atom stereocenters. The van der Waals surface area contributed by atoms with Crippen molar-refractivity contribution < 1.29 is 5.11 Å². The largest absolute Gasteiger partial charge is 0.396 e. The first-order chi connectivity index (χ1) is 10.7. The number of aryl methyl sites for hydroxylation is 1. The predicted octanol–water partition coefficient (Wildman–Crippen LogP) is 3.21. The summed E-state index contributed by atoms with van der Waals surface area (Å²) in [5.41, 5.74) is 3.54. The van der Waals surface area contributed by atoms with Crippen LogP contribution in [0.1, 0.15) is 24.5 Å². The number of aliphatic hydroxyl groups excluding tert-OH is 1. The lowest BCUT2D eigenvalue weighted by atomic mass is 10.1. The Hall–Kier alpha value is -1.59. The normalized spacial score (nSPS) is 16.3. The lowest BCUT2D eigenvalue weighted by Gasteiger charge is -2.30. The van der Waals surface area contributed by atoms with Gasteiger partial charge in [-0.3, -0.25) is 4.99 Å². The first-order valence-corrected chi connectivity index (χ1v) is 8.51. The summed E-state index contributed by atoms with van der Waals surface area (Å²) < 4.78 is 0. The fourth-order valence-corrected chi connectivity index (χ4v) is 3.70. The molecule has 0 atom stereocenters. The van der Waals surface area contributed by atoms with Gasteiger partial charge in [0.25, 0.3) is 0 Å². The van der Waals surface area contributed by atoms with Crippen molar-refractivity contribution in [3.63, 3.8) is 0 Å². The van der Waals surface area contributed by atoms with Crippen LogP contribution in [0.4, 0.5) is 0 Å². The number of rotatable bonds is 4. The average molecular weight is 315 g/mol. The van der Waals surface area contributed by atoms with Crippen LogP contribution in [0.3, 0.4) is 0 Å². The lowest BCUT2D eigenvalue weighted by Crippen LogP contribution is -2.33. The SMILES string of the molecule is CCN=C1Sc2nc3ccc(C)cc3cc2CN1CCCO. The Bertz CT molecular complexity index is 714. The Morgan fingerprint density at radius 3 is 3.00 bits per heavy atom. The van der Waals surface area contributed by atoms with Crippen LogP contribution in [0.15, 0.2) is 34.3 Å². The van der Waals surface area contributed by atoms with Crippen LogP contribution in [0.25, 0.3) is 10.9 Å². The summed E-state index contributed by atoms with van der Waals surface area (Å²) in [6.45, 7) is 6.77. The van der Waals surface area contributed by atoms with Crippen molar-refractivity contribution in [3.05, 3.63) is 35.4 Å². The van der Waals surface area contributed by atoms with E-state index in [2.05, 4.69) is 41.1 Å². The lowest BCUT2D eigenvalue weighted by molar-refractivity contribution is 0.265. The molecule has 3 rings (SSSR count). The molecule has 5 heteroatoms. The van der Waals surface area contributed by atoms with E-state index in [1.165, 1.54) is 16.5 Å². The summed E-state index contributed by atoms with van der Waals surface area (Å²) in [5, 5.41) is 12.4. The summed E-state index contributed by atoms with van der Waals surface area (Å²) in [4.78, 5) is 11.7. The molecule has 2 aromatic rings. The van der Waals surface area contributed by atoms with Gasteiger partial charge < -0.3 is 10.0 Å². The molecule has 0 aliphatic carbocycles. The standard InChI is InChI=1S/C17H21N3OS/c1-3-18-17-20(7-4-8-21)11-14-10-13-9-12(2)5-6-15(13)19-16(14)22-17/h5-6,9-10,21H,3-4,7-8,11H2,1-2H3. The van der Waals surface area contributed by atoms with Gasteiger partial charge in [0.1, 0.15) is 5.03 Å². The maximum Gasteiger partial charge on any atom is 0.165 e. The molecular weight excluding hydrogens is 294 g/mol. The molecular formula is C17H21N3OS. The van der Waals surface area contributed by atoms with Gasteiger partial charge in [0, 0.05) is 37.2 Å². The molecule has 1 N–H and O–H groups in total. The zero-order valence-corrected chi connectivity index (χ0v) is 13.9. The summed E-state index contributed by atoms with van der Waals surface area (Å²) in [7, 11) is 0. The number of aromatic nitrogens is 1. The van der Waals surface area contributed by atoms with E-state index in [-0.39, 0.29) is 6.61 Å². The second-order valence-corrected chi connectivity index (χ2v) is 6.46. The van der Waals surface area contributed by atoms with Crippen molar-refractivity contribution in [1.29, 1.82) is 0 Å². The molecule has 1 aromatic carbocycles. The molecule has 2 heterocycles. The number of benzene rings is 1. The third-order valence-corrected chi connectivity index (χ3v) is 4.83. The van der Waals surface area contributed by atoms with Crippen LogP contribution in [0, 0.1) is 6.92 Å². The highest BCUT2D eigenvalue weighted by Gasteiger charge is 2.23. The highest BCUT2D eigenvalue weighted by atomic mass is 32.2. The number of thioether (sulfide) groups is 1. The highest BCUT2D eigenvalue weighted by molar-refractivity contribution is 8.13. The van der Waals surface area contributed by atoms with Crippen molar-refractivity contribution in [1.82, 2.24) is 9.88 Å². The van der Waals surface area contributed by atoms with Gasteiger partial charge in [0.15, 0.2) is 5.17 Å². The fraction of sp³-hybridized carbons (Fsp3) is 0.412. The molecule has 0 saturated heterocycles. The van der Waals surface area contributed by atoms with E-state index >= 15 is 0 Å². The zero-order chi connectivity index (χ0) is 15.5. The molecule has 1 aliphatic heterocycles. The van der Waals surface area contributed by atoms with Gasteiger partial charge in [-0.25, -0.2) is 4.98 Å². The van der Waals surface area contributed by atoms with Crippen LogP contribution in [-0.4, -0.2) is 39.9 Å². The van der Waals surface area contributed by atoms with Gasteiger partial charge in [-0.2, -0.15) is 0 Å². The molecule has 0 saturated carbocycles. The Morgan fingerprint density at radius 2 is 2.23 bits per heavy atom. The first-order valence-electron chi connectivity index (χ1n) is 7.69. The third-order valence-electron chi connectivity index (χ3n) is 3.71.